The van der Waals surface area contributed by atoms with Crippen molar-refractivity contribution < 1.29 is 33.1 Å². The third kappa shape index (κ3) is 4.20. The lowest BCUT2D eigenvalue weighted by Gasteiger charge is -2.22. The van der Waals surface area contributed by atoms with Gasteiger partial charge in [-0.2, -0.15) is 5.26 Å². The first-order chi connectivity index (χ1) is 12.8. The normalized spacial score (nSPS) is 33.7. The van der Waals surface area contributed by atoms with Crippen LogP contribution in [0.3, 0.4) is 0 Å². The van der Waals surface area contributed by atoms with Gasteiger partial charge >= 0.3 is 13.5 Å². The van der Waals surface area contributed by atoms with Gasteiger partial charge in [0.25, 0.3) is 5.56 Å². The minimum atomic E-state index is -4.10. The van der Waals surface area contributed by atoms with Gasteiger partial charge in [0, 0.05) is 18.2 Å². The second-order valence-electron chi connectivity index (χ2n) is 5.93. The van der Waals surface area contributed by atoms with Crippen molar-refractivity contribution in [2.75, 3.05) is 19.8 Å². The molecule has 3 rings (SSSR count). The number of aliphatic hydroxyl groups excluding tert-OH is 2. The zero-order valence-electron chi connectivity index (χ0n) is 14.0. The molecule has 1 fully saturated rings. The zero-order chi connectivity index (χ0) is 19.6. The lowest BCUT2D eigenvalue weighted by Crippen LogP contribution is -2.39. The average molecular weight is 403 g/mol. The standard InChI is InChI=1S/C14H18N3O9P/c15-3-1-4-23-27(22)24-5-2-8-6-17(14(21)16-12(8)20)13-11(19)10(18)9(26-13)7-25-27/h6,9-11,13,18-19H,1-2,4-5,7H2,(H,16,20,21)/t9-,10-,11-,13-,27?/m1/s1. The number of hydrogen-bond acceptors (Lipinski definition) is 10. The molecule has 0 amide bonds. The molecule has 2 aliphatic heterocycles. The number of aliphatic hydroxyl groups is 2. The lowest BCUT2D eigenvalue weighted by atomic mass is 10.1. The number of nitrogens with one attached hydrogen (secondary N) is 1. The van der Waals surface area contributed by atoms with Crippen LogP contribution in [0.1, 0.15) is 18.2 Å². The number of nitriles is 1. The Labute approximate surface area is 152 Å². The SMILES string of the molecule is N#CCCOP1(=O)OCCc2cn(c(=O)[nH]c2=O)[C@@H]2O[C@H](CO1)[C@@H](O)[C@H]2O. The Balaban J connectivity index is 1.94. The van der Waals surface area contributed by atoms with Crippen LogP contribution in [0, 0.1) is 11.3 Å². The van der Waals surface area contributed by atoms with Crippen LogP contribution in [0.4, 0.5) is 0 Å². The number of aromatic amines is 1. The quantitative estimate of drug-likeness (QED) is 0.410. The molecule has 5 atom stereocenters. The van der Waals surface area contributed by atoms with Crippen LogP contribution in [0.25, 0.3) is 0 Å². The van der Waals surface area contributed by atoms with E-state index in [1.54, 1.807) is 0 Å². The van der Waals surface area contributed by atoms with E-state index in [-0.39, 0.29) is 31.6 Å². The van der Waals surface area contributed by atoms with Crippen LogP contribution < -0.4 is 11.2 Å². The Morgan fingerprint density at radius 2 is 2.15 bits per heavy atom. The maximum absolute atomic E-state index is 12.7. The summed E-state index contributed by atoms with van der Waals surface area (Å²) < 4.78 is 34.4. The van der Waals surface area contributed by atoms with E-state index in [4.69, 9.17) is 23.6 Å². The number of rotatable bonds is 3. The highest BCUT2D eigenvalue weighted by Crippen LogP contribution is 2.50. The number of ether oxygens (including phenoxy) is 1. The van der Waals surface area contributed by atoms with Crippen LogP contribution >= 0.6 is 7.82 Å². The van der Waals surface area contributed by atoms with Gasteiger partial charge in [-0.15, -0.1) is 0 Å². The van der Waals surface area contributed by atoms with Crippen molar-refractivity contribution in [3.8, 4) is 6.07 Å². The Hall–Kier alpha value is -1.84. The van der Waals surface area contributed by atoms with E-state index in [0.717, 1.165) is 4.57 Å². The van der Waals surface area contributed by atoms with Crippen molar-refractivity contribution in [1.82, 2.24) is 9.55 Å². The molecule has 1 aromatic heterocycles. The summed E-state index contributed by atoms with van der Waals surface area (Å²) in [6.45, 7) is -0.894. The molecule has 0 aromatic carbocycles. The molecule has 13 heteroatoms. The number of phosphoric ester groups is 1. The summed E-state index contributed by atoms with van der Waals surface area (Å²) in [6.07, 6.45) is -4.25. The maximum atomic E-state index is 12.7. The fourth-order valence-electron chi connectivity index (χ4n) is 2.74. The van der Waals surface area contributed by atoms with Gasteiger partial charge in [-0.25, -0.2) is 9.36 Å². The molecule has 0 radical (unpaired) electrons. The predicted octanol–water partition coefficient (Wildman–Crippen LogP) is -1.22. The molecule has 1 saturated heterocycles. The molecule has 1 unspecified atom stereocenters. The van der Waals surface area contributed by atoms with Gasteiger partial charge < -0.3 is 14.9 Å². The van der Waals surface area contributed by atoms with Gasteiger partial charge in [-0.3, -0.25) is 27.9 Å². The van der Waals surface area contributed by atoms with Crippen molar-refractivity contribution >= 4 is 7.82 Å². The smallest absolute Gasteiger partial charge is 0.387 e. The van der Waals surface area contributed by atoms with E-state index in [2.05, 4.69) is 4.98 Å². The molecule has 12 nitrogen and oxygen atoms in total. The summed E-state index contributed by atoms with van der Waals surface area (Å²) in [5.74, 6) is 0. The minimum Gasteiger partial charge on any atom is -0.387 e. The predicted molar refractivity (Wildman–Crippen MR) is 86.6 cm³/mol. The molecular formula is C14H18N3O9P. The third-order valence-electron chi connectivity index (χ3n) is 4.13. The van der Waals surface area contributed by atoms with Crippen LogP contribution in [0.2, 0.25) is 0 Å². The van der Waals surface area contributed by atoms with Crippen molar-refractivity contribution in [3.63, 3.8) is 0 Å². The van der Waals surface area contributed by atoms with E-state index < -0.39 is 50.2 Å². The summed E-state index contributed by atoms with van der Waals surface area (Å²) >= 11 is 0. The van der Waals surface area contributed by atoms with Crippen LogP contribution in [0.5, 0.6) is 0 Å². The second-order valence-corrected chi connectivity index (χ2v) is 7.60. The van der Waals surface area contributed by atoms with Gasteiger partial charge in [0.15, 0.2) is 6.23 Å². The van der Waals surface area contributed by atoms with Crippen LogP contribution in [-0.2, 0) is 29.3 Å². The van der Waals surface area contributed by atoms with Crippen molar-refractivity contribution in [3.05, 3.63) is 32.6 Å². The number of fused-ring (bicyclic) bond motifs is 5. The molecular weight excluding hydrogens is 385 g/mol. The average Bonchev–Trinajstić information content (AvgIpc) is 2.90. The molecule has 0 saturated carbocycles. The first-order valence-corrected chi connectivity index (χ1v) is 9.57. The molecule has 1 aromatic rings. The first kappa shape index (κ1) is 19.9. The topological polar surface area (TPSA) is 173 Å². The van der Waals surface area contributed by atoms with Gasteiger partial charge in [-0.05, 0) is 0 Å². The van der Waals surface area contributed by atoms with E-state index in [9.17, 15) is 24.4 Å². The monoisotopic (exact) mass is 403 g/mol. The molecule has 0 spiro atoms. The van der Waals surface area contributed by atoms with Gasteiger partial charge in [0.2, 0.25) is 0 Å². The van der Waals surface area contributed by atoms with Crippen molar-refractivity contribution in [2.24, 2.45) is 0 Å². The number of aromatic nitrogens is 2. The maximum Gasteiger partial charge on any atom is 0.474 e. The van der Waals surface area contributed by atoms with Gasteiger partial charge in [0.1, 0.15) is 18.3 Å². The molecule has 148 valence electrons. The summed E-state index contributed by atoms with van der Waals surface area (Å²) in [5, 5.41) is 28.9. The Kier molecular flexibility index (Phi) is 5.92. The van der Waals surface area contributed by atoms with E-state index in [0.29, 0.717) is 0 Å². The highest BCUT2D eigenvalue weighted by atomic mass is 31.2. The number of phosphoric acid groups is 1. The Bertz CT molecular complexity index is 891. The van der Waals surface area contributed by atoms with E-state index >= 15 is 0 Å². The second kappa shape index (κ2) is 8.04. The number of nitrogens with zero attached hydrogens (tertiary/aromatic N) is 2. The van der Waals surface area contributed by atoms with Crippen molar-refractivity contribution in [2.45, 2.75) is 37.4 Å². The summed E-state index contributed by atoms with van der Waals surface area (Å²) in [7, 11) is -4.10. The highest BCUT2D eigenvalue weighted by Gasteiger charge is 2.45. The van der Waals surface area contributed by atoms with Crippen molar-refractivity contribution in [1.29, 1.82) is 5.26 Å². The lowest BCUT2D eigenvalue weighted by molar-refractivity contribution is -0.0569. The molecule has 3 heterocycles. The molecule has 4 bridgehead atoms. The fourth-order valence-corrected chi connectivity index (χ4v) is 3.92. The number of H-pyrrole nitrogens is 1. The summed E-state index contributed by atoms with van der Waals surface area (Å²) in [6, 6.07) is 1.82. The summed E-state index contributed by atoms with van der Waals surface area (Å²) in [4.78, 5) is 26.1. The van der Waals surface area contributed by atoms with Gasteiger partial charge in [-0.1, -0.05) is 0 Å². The van der Waals surface area contributed by atoms with E-state index in [1.807, 2.05) is 6.07 Å². The minimum absolute atomic E-state index is 0.0423. The molecule has 2 aliphatic rings. The van der Waals surface area contributed by atoms with Crippen LogP contribution in [-0.4, -0.2) is 57.9 Å². The first-order valence-electron chi connectivity index (χ1n) is 8.11. The Morgan fingerprint density at radius 3 is 2.89 bits per heavy atom. The summed E-state index contributed by atoms with van der Waals surface area (Å²) in [5.41, 5.74) is -1.39. The fraction of sp³-hybridized carbons (Fsp3) is 0.643. The molecule has 27 heavy (non-hydrogen) atoms. The van der Waals surface area contributed by atoms with Crippen LogP contribution in [0.15, 0.2) is 15.8 Å². The van der Waals surface area contributed by atoms with Gasteiger partial charge in [0.05, 0.1) is 32.3 Å². The zero-order valence-corrected chi connectivity index (χ0v) is 14.9. The largest absolute Gasteiger partial charge is 0.474 e. The molecule has 3 N–H and O–H groups in total. The van der Waals surface area contributed by atoms with E-state index in [1.165, 1.54) is 6.20 Å². The Morgan fingerprint density at radius 1 is 1.37 bits per heavy atom. The highest BCUT2D eigenvalue weighted by molar-refractivity contribution is 7.48. The molecule has 0 aliphatic carbocycles. The number of hydrogen-bond donors (Lipinski definition) is 3. The third-order valence-corrected chi connectivity index (χ3v) is 5.60.